The minimum Gasteiger partial charge on any atom is -0.476 e. The summed E-state index contributed by atoms with van der Waals surface area (Å²) in [6, 6.07) is 0. The van der Waals surface area contributed by atoms with E-state index in [0.29, 0.717) is 23.9 Å². The molecule has 0 spiro atoms. The third kappa shape index (κ3) is 2.87. The largest absolute Gasteiger partial charge is 0.476 e. The van der Waals surface area contributed by atoms with Crippen LogP contribution in [0, 0.1) is 0 Å². The molecular weight excluding hydrogens is 266 g/mol. The topological polar surface area (TPSA) is 67.1 Å². The number of rotatable bonds is 6. The molecule has 0 aliphatic heterocycles. The maximum Gasteiger partial charge on any atom is 0.356 e. The van der Waals surface area contributed by atoms with Crippen LogP contribution in [0.25, 0.3) is 4.96 Å². The zero-order chi connectivity index (χ0) is 14.0. The van der Waals surface area contributed by atoms with Gasteiger partial charge in [-0.05, 0) is 13.8 Å². The second kappa shape index (κ2) is 5.58. The van der Waals surface area contributed by atoms with Gasteiger partial charge < -0.3 is 14.7 Å². The van der Waals surface area contributed by atoms with Crippen LogP contribution < -0.4 is 4.90 Å². The fourth-order valence-electron chi connectivity index (χ4n) is 1.77. The molecule has 0 fully saturated rings. The zero-order valence-electron chi connectivity index (χ0n) is 11.2. The number of ether oxygens (including phenoxy) is 1. The van der Waals surface area contributed by atoms with Gasteiger partial charge in [-0.3, -0.25) is 4.40 Å². The van der Waals surface area contributed by atoms with Gasteiger partial charge in [-0.2, -0.15) is 0 Å². The molecule has 104 valence electrons. The van der Waals surface area contributed by atoms with E-state index in [1.54, 1.807) is 10.6 Å². The molecule has 0 saturated carbocycles. The number of aromatic carboxylic acids is 1. The number of carbonyl (C=O) groups is 1. The van der Waals surface area contributed by atoms with E-state index in [2.05, 4.69) is 4.98 Å². The Labute approximate surface area is 115 Å². The Morgan fingerprint density at radius 1 is 1.63 bits per heavy atom. The van der Waals surface area contributed by atoms with Crippen LogP contribution in [0.1, 0.15) is 24.3 Å². The van der Waals surface area contributed by atoms with Crippen LogP contribution in [0.3, 0.4) is 0 Å². The first-order chi connectivity index (χ1) is 9.00. The smallest absolute Gasteiger partial charge is 0.356 e. The molecule has 0 aliphatic carbocycles. The van der Waals surface area contributed by atoms with Crippen LogP contribution in [0.15, 0.2) is 11.6 Å². The zero-order valence-corrected chi connectivity index (χ0v) is 12.0. The van der Waals surface area contributed by atoms with Crippen LogP contribution in [-0.4, -0.2) is 46.8 Å². The fraction of sp³-hybridized carbons (Fsp3) is 0.500. The van der Waals surface area contributed by atoms with Gasteiger partial charge in [0.15, 0.2) is 16.5 Å². The van der Waals surface area contributed by atoms with Crippen molar-refractivity contribution in [1.82, 2.24) is 9.38 Å². The molecule has 0 atom stereocenters. The summed E-state index contributed by atoms with van der Waals surface area (Å²) in [5.41, 5.74) is 0.197. The quantitative estimate of drug-likeness (QED) is 0.877. The Morgan fingerprint density at radius 3 is 3.00 bits per heavy atom. The van der Waals surface area contributed by atoms with E-state index in [-0.39, 0.29) is 11.8 Å². The first kappa shape index (κ1) is 13.8. The van der Waals surface area contributed by atoms with Gasteiger partial charge in [0, 0.05) is 25.2 Å². The highest BCUT2D eigenvalue weighted by atomic mass is 32.1. The van der Waals surface area contributed by atoms with E-state index in [9.17, 15) is 9.90 Å². The molecule has 2 aromatic rings. The van der Waals surface area contributed by atoms with Gasteiger partial charge in [0.25, 0.3) is 0 Å². The number of fused-ring (bicyclic) bond motifs is 1. The van der Waals surface area contributed by atoms with Gasteiger partial charge >= 0.3 is 5.97 Å². The third-order valence-corrected chi connectivity index (χ3v) is 3.44. The summed E-state index contributed by atoms with van der Waals surface area (Å²) in [5, 5.41) is 11.1. The standard InChI is InChI=1S/C12H17N3O3S/c1-8(2)18-6-4-14(3)10-9(11(16)17)15-5-7-19-12(15)13-10/h5,7-8H,4,6H2,1-3H3,(H,16,17). The number of imidazole rings is 1. The molecule has 0 radical (unpaired) electrons. The molecule has 6 nitrogen and oxygen atoms in total. The molecule has 0 aromatic carbocycles. The average molecular weight is 283 g/mol. The summed E-state index contributed by atoms with van der Waals surface area (Å²) >= 11 is 1.42. The summed E-state index contributed by atoms with van der Waals surface area (Å²) < 4.78 is 7.07. The number of aromatic nitrogens is 2. The fourth-order valence-corrected chi connectivity index (χ4v) is 2.48. The van der Waals surface area contributed by atoms with Crippen LogP contribution in [0.4, 0.5) is 5.82 Å². The van der Waals surface area contributed by atoms with Crippen molar-refractivity contribution in [2.24, 2.45) is 0 Å². The number of likely N-dealkylation sites (N-methyl/N-ethyl adjacent to an activating group) is 1. The number of carboxylic acids is 1. The second-order valence-electron chi connectivity index (χ2n) is 4.49. The van der Waals surface area contributed by atoms with E-state index < -0.39 is 5.97 Å². The number of nitrogens with zero attached hydrogens (tertiary/aromatic N) is 3. The molecule has 2 rings (SSSR count). The molecule has 0 bridgehead atoms. The monoisotopic (exact) mass is 283 g/mol. The number of hydrogen-bond acceptors (Lipinski definition) is 5. The molecule has 0 unspecified atom stereocenters. The van der Waals surface area contributed by atoms with Gasteiger partial charge in [0.05, 0.1) is 12.7 Å². The first-order valence-electron chi connectivity index (χ1n) is 6.02. The highest BCUT2D eigenvalue weighted by Crippen LogP contribution is 2.23. The van der Waals surface area contributed by atoms with Gasteiger partial charge in [0.2, 0.25) is 0 Å². The molecule has 2 aromatic heterocycles. The van der Waals surface area contributed by atoms with Crippen molar-refractivity contribution in [3.05, 3.63) is 17.3 Å². The normalized spacial score (nSPS) is 11.4. The van der Waals surface area contributed by atoms with Crippen molar-refractivity contribution in [3.8, 4) is 0 Å². The molecular formula is C12H17N3O3S. The Kier molecular flexibility index (Phi) is 4.06. The van der Waals surface area contributed by atoms with Gasteiger partial charge in [-0.15, -0.1) is 11.3 Å². The minimum atomic E-state index is -0.975. The van der Waals surface area contributed by atoms with E-state index in [1.165, 1.54) is 11.3 Å². The summed E-state index contributed by atoms with van der Waals surface area (Å²) in [5.74, 6) is -0.496. The van der Waals surface area contributed by atoms with Gasteiger partial charge in [-0.25, -0.2) is 9.78 Å². The van der Waals surface area contributed by atoms with Crippen molar-refractivity contribution in [1.29, 1.82) is 0 Å². The first-order valence-corrected chi connectivity index (χ1v) is 6.90. The SMILES string of the molecule is CC(C)OCCN(C)c1nc2sccn2c1C(=O)O. The van der Waals surface area contributed by atoms with E-state index in [4.69, 9.17) is 4.74 Å². The van der Waals surface area contributed by atoms with Crippen LogP contribution in [-0.2, 0) is 4.74 Å². The summed E-state index contributed by atoms with van der Waals surface area (Å²) in [6.07, 6.45) is 1.89. The van der Waals surface area contributed by atoms with Crippen LogP contribution in [0.5, 0.6) is 0 Å². The van der Waals surface area contributed by atoms with E-state index in [1.807, 2.05) is 31.2 Å². The van der Waals surface area contributed by atoms with Crippen LogP contribution in [0.2, 0.25) is 0 Å². The Balaban J connectivity index is 2.21. The molecule has 1 N–H and O–H groups in total. The van der Waals surface area contributed by atoms with Crippen molar-refractivity contribution in [2.75, 3.05) is 25.1 Å². The lowest BCUT2D eigenvalue weighted by Crippen LogP contribution is -2.26. The number of carboxylic acid groups (broad SMARTS) is 1. The van der Waals surface area contributed by atoms with E-state index >= 15 is 0 Å². The minimum absolute atomic E-state index is 0.165. The molecule has 0 aliphatic rings. The van der Waals surface area contributed by atoms with Crippen molar-refractivity contribution < 1.29 is 14.6 Å². The highest BCUT2D eigenvalue weighted by Gasteiger charge is 2.21. The second-order valence-corrected chi connectivity index (χ2v) is 5.36. The van der Waals surface area contributed by atoms with Gasteiger partial charge in [0.1, 0.15) is 0 Å². The predicted molar refractivity (Wildman–Crippen MR) is 74.4 cm³/mol. The summed E-state index contributed by atoms with van der Waals surface area (Å²) in [4.78, 5) is 18.2. The lowest BCUT2D eigenvalue weighted by atomic mass is 10.4. The average Bonchev–Trinajstić information content (AvgIpc) is 2.86. The van der Waals surface area contributed by atoms with Crippen molar-refractivity contribution >= 4 is 28.1 Å². The Morgan fingerprint density at radius 2 is 2.37 bits per heavy atom. The number of hydrogen-bond donors (Lipinski definition) is 1. The lowest BCUT2D eigenvalue weighted by Gasteiger charge is -2.18. The van der Waals surface area contributed by atoms with Crippen molar-refractivity contribution in [3.63, 3.8) is 0 Å². The lowest BCUT2D eigenvalue weighted by molar-refractivity contribution is 0.0688. The van der Waals surface area contributed by atoms with E-state index in [0.717, 1.165) is 0 Å². The molecule has 0 amide bonds. The number of anilines is 1. The summed E-state index contributed by atoms with van der Waals surface area (Å²) in [6.45, 7) is 5.08. The third-order valence-electron chi connectivity index (χ3n) is 2.69. The van der Waals surface area contributed by atoms with Gasteiger partial charge in [-0.1, -0.05) is 0 Å². The predicted octanol–water partition coefficient (Wildman–Crippen LogP) is 1.96. The molecule has 7 heteroatoms. The molecule has 0 saturated heterocycles. The molecule has 19 heavy (non-hydrogen) atoms. The maximum absolute atomic E-state index is 11.4. The Bertz CT molecular complexity index is 576. The summed E-state index contributed by atoms with van der Waals surface area (Å²) in [7, 11) is 1.82. The number of thiazole rings is 1. The Hall–Kier alpha value is -1.60. The van der Waals surface area contributed by atoms with Crippen molar-refractivity contribution in [2.45, 2.75) is 20.0 Å². The molecule has 2 heterocycles. The maximum atomic E-state index is 11.4. The highest BCUT2D eigenvalue weighted by molar-refractivity contribution is 7.15. The van der Waals surface area contributed by atoms with Crippen LogP contribution >= 0.6 is 11.3 Å².